The normalized spacial score (nSPS) is 11.8. The van der Waals surface area contributed by atoms with E-state index in [2.05, 4.69) is 20.3 Å². The Morgan fingerprint density at radius 3 is 2.40 bits per heavy atom. The standard InChI is InChI=1S/C15H15F3N4O5S3/c1-27-12(24)8-28-14-21-20-13(29-14)19-11(23)7-22(30(2,25)26)10-5-3-9(4-6-10)15(16,17)18/h3-6H,7-8H2,1-2H3,(H,19,20,23). The van der Waals surface area contributed by atoms with E-state index in [1.165, 1.54) is 7.11 Å². The van der Waals surface area contributed by atoms with E-state index in [9.17, 15) is 31.2 Å². The van der Waals surface area contributed by atoms with Crippen molar-refractivity contribution >= 4 is 55.8 Å². The van der Waals surface area contributed by atoms with Gasteiger partial charge in [0.2, 0.25) is 21.1 Å². The largest absolute Gasteiger partial charge is 0.468 e. The van der Waals surface area contributed by atoms with E-state index in [0.717, 1.165) is 53.6 Å². The second-order valence-corrected chi connectivity index (χ2v) is 9.71. The number of alkyl halides is 3. The average molecular weight is 485 g/mol. The van der Waals surface area contributed by atoms with Crippen LogP contribution >= 0.6 is 23.1 Å². The maximum Gasteiger partial charge on any atom is 0.416 e. The Balaban J connectivity index is 2.08. The number of esters is 1. The summed E-state index contributed by atoms with van der Waals surface area (Å²) in [6.45, 7) is -0.686. The van der Waals surface area contributed by atoms with Crippen LogP contribution in [-0.4, -0.2) is 56.2 Å². The zero-order valence-corrected chi connectivity index (χ0v) is 17.9. The SMILES string of the molecule is COC(=O)CSc1nnc(NC(=O)CN(c2ccc(C(F)(F)F)cc2)S(C)(=O)=O)s1. The first-order valence-electron chi connectivity index (χ1n) is 7.88. The van der Waals surface area contributed by atoms with Crippen LogP contribution in [0, 0.1) is 0 Å². The highest BCUT2D eigenvalue weighted by Crippen LogP contribution is 2.31. The number of amides is 1. The minimum absolute atomic E-state index is 0.00510. The van der Waals surface area contributed by atoms with Gasteiger partial charge in [-0.05, 0) is 24.3 Å². The van der Waals surface area contributed by atoms with Gasteiger partial charge in [-0.3, -0.25) is 19.2 Å². The molecule has 2 aromatic rings. The maximum absolute atomic E-state index is 12.7. The number of sulfonamides is 1. The van der Waals surface area contributed by atoms with Gasteiger partial charge in [-0.1, -0.05) is 23.1 Å². The third kappa shape index (κ3) is 6.84. The summed E-state index contributed by atoms with van der Waals surface area (Å²) in [4.78, 5) is 23.4. The summed E-state index contributed by atoms with van der Waals surface area (Å²) in [6, 6.07) is 3.37. The summed E-state index contributed by atoms with van der Waals surface area (Å²) in [5.41, 5.74) is -1.05. The Kier molecular flexibility index (Phi) is 7.65. The smallest absolute Gasteiger partial charge is 0.416 e. The molecule has 0 radical (unpaired) electrons. The number of carbonyl (C=O) groups is 2. The van der Waals surface area contributed by atoms with Gasteiger partial charge >= 0.3 is 12.1 Å². The van der Waals surface area contributed by atoms with Crippen LogP contribution in [0.15, 0.2) is 28.6 Å². The first-order valence-corrected chi connectivity index (χ1v) is 11.5. The molecule has 0 atom stereocenters. The number of carbonyl (C=O) groups excluding carboxylic acids is 2. The van der Waals surface area contributed by atoms with Crippen molar-refractivity contribution < 1.29 is 35.9 Å². The van der Waals surface area contributed by atoms with Crippen molar-refractivity contribution in [3.8, 4) is 0 Å². The highest BCUT2D eigenvalue weighted by Gasteiger charge is 2.31. The summed E-state index contributed by atoms with van der Waals surface area (Å²) >= 11 is 2.00. The summed E-state index contributed by atoms with van der Waals surface area (Å²) in [5, 5.41) is 9.90. The van der Waals surface area contributed by atoms with Gasteiger partial charge < -0.3 is 4.74 Å². The van der Waals surface area contributed by atoms with Crippen molar-refractivity contribution in [2.45, 2.75) is 10.5 Å². The van der Waals surface area contributed by atoms with Crippen molar-refractivity contribution in [2.75, 3.05) is 35.3 Å². The molecule has 0 saturated heterocycles. The molecule has 1 aromatic carbocycles. The van der Waals surface area contributed by atoms with Crippen LogP contribution in [0.2, 0.25) is 0 Å². The topological polar surface area (TPSA) is 119 Å². The highest BCUT2D eigenvalue weighted by atomic mass is 32.2. The van der Waals surface area contributed by atoms with Crippen molar-refractivity contribution in [3.05, 3.63) is 29.8 Å². The first kappa shape index (κ1) is 23.9. The van der Waals surface area contributed by atoms with E-state index < -0.39 is 40.2 Å². The van der Waals surface area contributed by atoms with Crippen LogP contribution < -0.4 is 9.62 Å². The number of thioether (sulfide) groups is 1. The van der Waals surface area contributed by atoms with Crippen LogP contribution in [0.25, 0.3) is 0 Å². The molecule has 0 bridgehead atoms. The summed E-state index contributed by atoms with van der Waals surface area (Å²) in [5.74, 6) is -1.25. The molecule has 0 unspecified atom stereocenters. The van der Waals surface area contributed by atoms with Crippen molar-refractivity contribution in [3.63, 3.8) is 0 Å². The van der Waals surface area contributed by atoms with E-state index in [-0.39, 0.29) is 16.6 Å². The lowest BCUT2D eigenvalue weighted by molar-refractivity contribution is -0.138. The summed E-state index contributed by atoms with van der Waals surface area (Å²) in [7, 11) is -2.73. The van der Waals surface area contributed by atoms with Gasteiger partial charge in [-0.2, -0.15) is 13.2 Å². The van der Waals surface area contributed by atoms with Crippen molar-refractivity contribution in [1.82, 2.24) is 10.2 Å². The number of anilines is 2. The van der Waals surface area contributed by atoms with Crippen LogP contribution in [0.3, 0.4) is 0 Å². The fraction of sp³-hybridized carbons (Fsp3) is 0.333. The summed E-state index contributed by atoms with van der Waals surface area (Å²) in [6.07, 6.45) is -3.75. The molecule has 0 aliphatic heterocycles. The molecule has 15 heteroatoms. The number of ether oxygens (including phenoxy) is 1. The molecule has 1 aromatic heterocycles. The number of methoxy groups -OCH3 is 1. The van der Waals surface area contributed by atoms with Crippen molar-refractivity contribution in [2.24, 2.45) is 0 Å². The number of nitrogens with one attached hydrogen (secondary N) is 1. The zero-order valence-electron chi connectivity index (χ0n) is 15.5. The lowest BCUT2D eigenvalue weighted by atomic mass is 10.2. The average Bonchev–Trinajstić information content (AvgIpc) is 3.10. The van der Waals surface area contributed by atoms with Gasteiger partial charge in [0.25, 0.3) is 0 Å². The molecular weight excluding hydrogens is 469 g/mol. The van der Waals surface area contributed by atoms with Crippen LogP contribution in [0.1, 0.15) is 5.56 Å². The monoisotopic (exact) mass is 484 g/mol. The van der Waals surface area contributed by atoms with E-state index in [4.69, 9.17) is 0 Å². The predicted octanol–water partition coefficient (Wildman–Crippen LogP) is 2.23. The minimum atomic E-state index is -4.58. The number of hydrogen-bond acceptors (Lipinski definition) is 9. The zero-order chi connectivity index (χ0) is 22.5. The van der Waals surface area contributed by atoms with Gasteiger partial charge in [0.1, 0.15) is 6.54 Å². The number of hydrogen-bond donors (Lipinski definition) is 1. The minimum Gasteiger partial charge on any atom is -0.468 e. The van der Waals surface area contributed by atoms with Crippen molar-refractivity contribution in [1.29, 1.82) is 0 Å². The molecule has 1 N–H and O–H groups in total. The molecule has 30 heavy (non-hydrogen) atoms. The molecule has 9 nitrogen and oxygen atoms in total. The Morgan fingerprint density at radius 2 is 1.87 bits per heavy atom. The molecule has 164 valence electrons. The van der Waals surface area contributed by atoms with Gasteiger partial charge in [0.15, 0.2) is 4.34 Å². The number of aromatic nitrogens is 2. The number of nitrogens with zero attached hydrogens (tertiary/aromatic N) is 3. The predicted molar refractivity (Wildman–Crippen MR) is 105 cm³/mol. The third-order valence-corrected chi connectivity index (χ3v) is 6.45. The number of benzene rings is 1. The third-order valence-electron chi connectivity index (χ3n) is 3.36. The van der Waals surface area contributed by atoms with Gasteiger partial charge in [0.05, 0.1) is 30.4 Å². The highest BCUT2D eigenvalue weighted by molar-refractivity contribution is 8.01. The van der Waals surface area contributed by atoms with E-state index in [1.54, 1.807) is 0 Å². The Labute approximate surface area is 177 Å². The van der Waals surface area contributed by atoms with E-state index >= 15 is 0 Å². The number of halogens is 3. The molecule has 1 amide bonds. The fourth-order valence-electron chi connectivity index (χ4n) is 2.00. The molecule has 0 saturated carbocycles. The molecule has 1 heterocycles. The number of rotatable bonds is 8. The quantitative estimate of drug-likeness (QED) is 0.344. The lowest BCUT2D eigenvalue weighted by Gasteiger charge is -2.22. The lowest BCUT2D eigenvalue weighted by Crippen LogP contribution is -2.37. The van der Waals surface area contributed by atoms with E-state index in [1.807, 2.05) is 0 Å². The molecule has 2 rings (SSSR count). The summed E-state index contributed by atoms with van der Waals surface area (Å²) < 4.78 is 67.7. The fourth-order valence-corrected chi connectivity index (χ4v) is 4.46. The second-order valence-electron chi connectivity index (χ2n) is 5.60. The molecule has 0 aliphatic carbocycles. The Bertz CT molecular complexity index is 1010. The second kappa shape index (κ2) is 9.61. The van der Waals surface area contributed by atoms with Gasteiger partial charge in [0, 0.05) is 0 Å². The Morgan fingerprint density at radius 1 is 1.23 bits per heavy atom. The molecule has 0 spiro atoms. The molecule has 0 aliphatic rings. The van der Waals surface area contributed by atoms with Crippen LogP contribution in [0.4, 0.5) is 24.0 Å². The van der Waals surface area contributed by atoms with Crippen LogP contribution in [0.5, 0.6) is 0 Å². The Hall–Kier alpha value is -2.39. The molecule has 0 fully saturated rings. The maximum atomic E-state index is 12.7. The van der Waals surface area contributed by atoms with Crippen LogP contribution in [-0.2, 0) is 30.5 Å². The van der Waals surface area contributed by atoms with Gasteiger partial charge in [-0.15, -0.1) is 10.2 Å². The molecular formula is C15H15F3N4O5S3. The van der Waals surface area contributed by atoms with E-state index in [0.29, 0.717) is 8.64 Å². The van der Waals surface area contributed by atoms with Gasteiger partial charge in [-0.25, -0.2) is 8.42 Å². The first-order chi connectivity index (χ1) is 13.9.